The van der Waals surface area contributed by atoms with Gasteiger partial charge in [0.2, 0.25) is 0 Å². The number of piperidine rings is 1. The molecular weight excluding hydrogens is 398 g/mol. The van der Waals surface area contributed by atoms with Crippen LogP contribution in [0.2, 0.25) is 0 Å². The minimum absolute atomic E-state index is 0.0503. The number of benzene rings is 1. The minimum atomic E-state index is -0.503. The molecule has 0 bridgehead atoms. The fraction of sp³-hybridized carbons (Fsp3) is 0.526. The lowest BCUT2D eigenvalue weighted by molar-refractivity contribution is 0.0156. The van der Waals surface area contributed by atoms with E-state index in [1.807, 2.05) is 32.9 Å². The fourth-order valence-electron chi connectivity index (χ4n) is 3.25. The third-order valence-corrected chi connectivity index (χ3v) is 4.90. The molecule has 1 aliphatic heterocycles. The summed E-state index contributed by atoms with van der Waals surface area (Å²) < 4.78 is 7.98. The van der Waals surface area contributed by atoms with Crippen LogP contribution in [0.25, 0.3) is 10.9 Å². The van der Waals surface area contributed by atoms with Gasteiger partial charge in [0.25, 0.3) is 5.56 Å². The molecule has 1 fully saturated rings. The molecule has 2 heterocycles. The molecule has 0 saturated carbocycles. The van der Waals surface area contributed by atoms with Gasteiger partial charge in [-0.15, -0.1) is 0 Å². The summed E-state index contributed by atoms with van der Waals surface area (Å²) in [5.41, 5.74) is 0.135. The lowest BCUT2D eigenvalue weighted by Gasteiger charge is -2.34. The van der Waals surface area contributed by atoms with Crippen LogP contribution in [0.1, 0.15) is 33.6 Å². The van der Waals surface area contributed by atoms with Crippen LogP contribution in [0.15, 0.2) is 33.8 Å². The highest BCUT2D eigenvalue weighted by Crippen LogP contribution is 2.21. The van der Waals surface area contributed by atoms with E-state index < -0.39 is 5.60 Å². The summed E-state index contributed by atoms with van der Waals surface area (Å²) in [4.78, 5) is 31.2. The van der Waals surface area contributed by atoms with Crippen molar-refractivity contribution < 1.29 is 9.53 Å². The molecule has 1 atom stereocenters. The third-order valence-electron chi connectivity index (χ3n) is 4.41. The predicted molar refractivity (Wildman–Crippen MR) is 104 cm³/mol. The Kier molecular flexibility index (Phi) is 5.37. The van der Waals surface area contributed by atoms with Crippen LogP contribution in [0.4, 0.5) is 4.79 Å². The molecule has 3 rings (SSSR count). The summed E-state index contributed by atoms with van der Waals surface area (Å²) in [5, 5.41) is 0.599. The SMILES string of the molecule is CC(C)(C)OC(=O)N1CCC[C@H](Cn2cnc3ccc(Br)cc3c2=O)C1. The summed E-state index contributed by atoms with van der Waals surface area (Å²) in [6.45, 7) is 7.44. The second-order valence-corrected chi connectivity index (χ2v) is 8.71. The molecule has 0 radical (unpaired) electrons. The van der Waals surface area contributed by atoms with Crippen molar-refractivity contribution in [1.82, 2.24) is 14.5 Å². The van der Waals surface area contributed by atoms with Crippen LogP contribution in [0.3, 0.4) is 0 Å². The summed E-state index contributed by atoms with van der Waals surface area (Å²) in [5.74, 6) is 0.209. The maximum Gasteiger partial charge on any atom is 0.410 e. The molecule has 2 aromatic rings. The van der Waals surface area contributed by atoms with E-state index in [-0.39, 0.29) is 17.6 Å². The zero-order valence-electron chi connectivity index (χ0n) is 15.4. The average molecular weight is 422 g/mol. The van der Waals surface area contributed by atoms with Crippen molar-refractivity contribution in [3.05, 3.63) is 39.4 Å². The van der Waals surface area contributed by atoms with Crippen LogP contribution < -0.4 is 5.56 Å². The van der Waals surface area contributed by atoms with E-state index in [1.54, 1.807) is 21.9 Å². The van der Waals surface area contributed by atoms with Crippen LogP contribution in [-0.4, -0.2) is 39.2 Å². The van der Waals surface area contributed by atoms with Crippen molar-refractivity contribution >= 4 is 32.9 Å². The molecule has 1 aromatic heterocycles. The van der Waals surface area contributed by atoms with E-state index in [0.717, 1.165) is 17.3 Å². The van der Waals surface area contributed by atoms with Gasteiger partial charge in [0.1, 0.15) is 5.60 Å². The molecule has 140 valence electrons. The maximum absolute atomic E-state index is 12.8. The van der Waals surface area contributed by atoms with Crippen molar-refractivity contribution in [2.75, 3.05) is 13.1 Å². The number of amides is 1. The van der Waals surface area contributed by atoms with Gasteiger partial charge in [-0.05, 0) is 57.7 Å². The Hall–Kier alpha value is -1.89. The molecule has 1 aromatic carbocycles. The highest BCUT2D eigenvalue weighted by atomic mass is 79.9. The molecule has 0 N–H and O–H groups in total. The molecule has 26 heavy (non-hydrogen) atoms. The summed E-state index contributed by atoms with van der Waals surface area (Å²) in [6, 6.07) is 5.50. The summed E-state index contributed by atoms with van der Waals surface area (Å²) in [6.07, 6.45) is 3.20. The number of nitrogens with zero attached hydrogens (tertiary/aromatic N) is 3. The van der Waals surface area contributed by atoms with Crippen LogP contribution >= 0.6 is 15.9 Å². The largest absolute Gasteiger partial charge is 0.444 e. The first-order valence-corrected chi connectivity index (χ1v) is 9.65. The third kappa shape index (κ3) is 4.44. The van der Waals surface area contributed by atoms with Gasteiger partial charge in [0.15, 0.2) is 0 Å². The molecule has 1 amide bonds. The normalized spacial score (nSPS) is 18.2. The van der Waals surface area contributed by atoms with Crippen molar-refractivity contribution in [1.29, 1.82) is 0 Å². The van der Waals surface area contributed by atoms with E-state index in [2.05, 4.69) is 20.9 Å². The Balaban J connectivity index is 1.74. The van der Waals surface area contributed by atoms with E-state index in [1.165, 1.54) is 0 Å². The van der Waals surface area contributed by atoms with E-state index >= 15 is 0 Å². The molecule has 1 saturated heterocycles. The molecule has 7 heteroatoms. The van der Waals surface area contributed by atoms with E-state index in [9.17, 15) is 9.59 Å². The molecule has 1 aliphatic rings. The molecule has 6 nitrogen and oxygen atoms in total. The van der Waals surface area contributed by atoms with Gasteiger partial charge in [-0.25, -0.2) is 9.78 Å². The van der Waals surface area contributed by atoms with Gasteiger partial charge >= 0.3 is 6.09 Å². The zero-order chi connectivity index (χ0) is 18.9. The van der Waals surface area contributed by atoms with Gasteiger partial charge in [-0.3, -0.25) is 9.36 Å². The Morgan fingerprint density at radius 1 is 1.38 bits per heavy atom. The standard InChI is InChI=1S/C19H24BrN3O3/c1-19(2,3)26-18(25)22-8-4-5-13(10-22)11-23-12-21-16-7-6-14(20)9-15(16)17(23)24/h6-7,9,12-13H,4-5,8,10-11H2,1-3H3/t13-/m0/s1. The number of aromatic nitrogens is 2. The van der Waals surface area contributed by atoms with Crippen molar-refractivity contribution in [3.63, 3.8) is 0 Å². The Labute approximate surface area is 161 Å². The van der Waals surface area contributed by atoms with Gasteiger partial charge < -0.3 is 9.64 Å². The number of carbonyl (C=O) groups is 1. The first kappa shape index (κ1) is 18.9. The van der Waals surface area contributed by atoms with E-state index in [4.69, 9.17) is 4.74 Å². The number of halogens is 1. The van der Waals surface area contributed by atoms with E-state index in [0.29, 0.717) is 30.5 Å². The Bertz CT molecular complexity index is 872. The average Bonchev–Trinajstić information content (AvgIpc) is 2.57. The molecule has 0 unspecified atom stereocenters. The summed E-state index contributed by atoms with van der Waals surface area (Å²) >= 11 is 3.40. The number of hydrogen-bond acceptors (Lipinski definition) is 4. The van der Waals surface area contributed by atoms with Crippen molar-refractivity contribution in [2.45, 2.75) is 45.8 Å². The maximum atomic E-state index is 12.8. The zero-order valence-corrected chi connectivity index (χ0v) is 17.0. The summed E-state index contributed by atoms with van der Waals surface area (Å²) in [7, 11) is 0. The Morgan fingerprint density at radius 2 is 2.15 bits per heavy atom. The second-order valence-electron chi connectivity index (χ2n) is 7.80. The van der Waals surface area contributed by atoms with Crippen LogP contribution in [-0.2, 0) is 11.3 Å². The number of fused-ring (bicyclic) bond motifs is 1. The smallest absolute Gasteiger partial charge is 0.410 e. The predicted octanol–water partition coefficient (Wildman–Crippen LogP) is 3.81. The first-order valence-electron chi connectivity index (χ1n) is 8.85. The van der Waals surface area contributed by atoms with Crippen LogP contribution in [0, 0.1) is 5.92 Å². The number of hydrogen-bond donors (Lipinski definition) is 0. The minimum Gasteiger partial charge on any atom is -0.444 e. The molecular formula is C19H24BrN3O3. The van der Waals surface area contributed by atoms with Gasteiger partial charge in [-0.2, -0.15) is 0 Å². The second kappa shape index (κ2) is 7.39. The number of carbonyl (C=O) groups excluding carboxylic acids is 1. The Morgan fingerprint density at radius 3 is 2.88 bits per heavy atom. The van der Waals surface area contributed by atoms with Crippen molar-refractivity contribution in [3.8, 4) is 0 Å². The highest BCUT2D eigenvalue weighted by Gasteiger charge is 2.28. The topological polar surface area (TPSA) is 64.4 Å². The lowest BCUT2D eigenvalue weighted by atomic mass is 9.98. The van der Waals surface area contributed by atoms with Gasteiger partial charge in [0, 0.05) is 24.1 Å². The van der Waals surface area contributed by atoms with Crippen molar-refractivity contribution in [2.24, 2.45) is 5.92 Å². The lowest BCUT2D eigenvalue weighted by Crippen LogP contribution is -2.44. The van der Waals surface area contributed by atoms with Crippen LogP contribution in [0.5, 0.6) is 0 Å². The monoisotopic (exact) mass is 421 g/mol. The van der Waals surface area contributed by atoms with Gasteiger partial charge in [0.05, 0.1) is 17.2 Å². The van der Waals surface area contributed by atoms with Gasteiger partial charge in [-0.1, -0.05) is 15.9 Å². The highest BCUT2D eigenvalue weighted by molar-refractivity contribution is 9.10. The number of likely N-dealkylation sites (tertiary alicyclic amines) is 1. The molecule has 0 spiro atoms. The first-order chi connectivity index (χ1) is 12.2. The quantitative estimate of drug-likeness (QED) is 0.739. The number of rotatable bonds is 2. The molecule has 0 aliphatic carbocycles. The fourth-order valence-corrected chi connectivity index (χ4v) is 3.61. The number of ether oxygens (including phenoxy) is 1.